The zero-order chi connectivity index (χ0) is 15.1. The van der Waals surface area contributed by atoms with Crippen molar-refractivity contribution in [3.63, 3.8) is 0 Å². The maximum absolute atomic E-state index is 3.80. The van der Waals surface area contributed by atoms with Crippen molar-refractivity contribution in [2.24, 2.45) is 5.92 Å². The highest BCUT2D eigenvalue weighted by atomic mass is 79.9. The highest BCUT2D eigenvalue weighted by Gasteiger charge is 2.37. The fourth-order valence-corrected chi connectivity index (χ4v) is 4.13. The van der Waals surface area contributed by atoms with Gasteiger partial charge in [0.15, 0.2) is 0 Å². The number of nitrogens with one attached hydrogen (secondary N) is 1. The van der Waals surface area contributed by atoms with Gasteiger partial charge in [0, 0.05) is 16.1 Å². The van der Waals surface area contributed by atoms with Crippen LogP contribution in [-0.2, 0) is 6.42 Å². The van der Waals surface area contributed by atoms with E-state index in [-0.39, 0.29) is 0 Å². The molecular formula is C20H20BrN. The zero-order valence-electron chi connectivity index (χ0n) is 12.7. The van der Waals surface area contributed by atoms with Crippen LogP contribution in [-0.4, -0.2) is 0 Å². The van der Waals surface area contributed by atoms with Crippen LogP contribution in [0.5, 0.6) is 0 Å². The maximum atomic E-state index is 3.80. The van der Waals surface area contributed by atoms with Gasteiger partial charge >= 0.3 is 0 Å². The van der Waals surface area contributed by atoms with Gasteiger partial charge in [0.25, 0.3) is 0 Å². The van der Waals surface area contributed by atoms with Crippen LogP contribution in [0.2, 0.25) is 0 Å². The fourth-order valence-electron chi connectivity index (χ4n) is 3.86. The molecule has 2 heteroatoms. The van der Waals surface area contributed by atoms with Crippen molar-refractivity contribution in [3.8, 4) is 0 Å². The Kier molecular flexibility index (Phi) is 3.57. The van der Waals surface area contributed by atoms with Crippen LogP contribution in [0.4, 0.5) is 5.69 Å². The molecule has 1 aliphatic carbocycles. The van der Waals surface area contributed by atoms with Crippen molar-refractivity contribution in [1.29, 1.82) is 0 Å². The number of anilines is 1. The minimum atomic E-state index is 0.396. The van der Waals surface area contributed by atoms with E-state index in [0.717, 1.165) is 17.3 Å². The monoisotopic (exact) mass is 353 g/mol. The predicted octanol–water partition coefficient (Wildman–Crippen LogP) is 5.84. The molecule has 0 amide bonds. The van der Waals surface area contributed by atoms with E-state index in [4.69, 9.17) is 0 Å². The molecule has 3 atom stereocenters. The number of allylic oxidation sites excluding steroid dienone is 2. The quantitative estimate of drug-likeness (QED) is 0.668. The summed E-state index contributed by atoms with van der Waals surface area (Å²) in [7, 11) is 0. The van der Waals surface area contributed by atoms with Gasteiger partial charge in [-0.2, -0.15) is 0 Å². The van der Waals surface area contributed by atoms with E-state index in [1.165, 1.54) is 22.4 Å². The SMILES string of the molecule is CCc1ccc2c(c1)[C@@H]1C=CC[C@@H]1[C@@H](c1ccc(Br)cc1)N2. The first-order chi connectivity index (χ1) is 10.8. The predicted molar refractivity (Wildman–Crippen MR) is 96.3 cm³/mol. The normalized spacial score (nSPS) is 25.5. The molecular weight excluding hydrogens is 334 g/mol. The van der Waals surface area contributed by atoms with Crippen LogP contribution in [0.1, 0.15) is 42.0 Å². The van der Waals surface area contributed by atoms with Crippen LogP contribution < -0.4 is 5.32 Å². The number of hydrogen-bond donors (Lipinski definition) is 1. The van der Waals surface area contributed by atoms with Gasteiger partial charge in [-0.15, -0.1) is 0 Å². The molecule has 1 aliphatic heterocycles. The Balaban J connectivity index is 1.76. The summed E-state index contributed by atoms with van der Waals surface area (Å²) in [5.74, 6) is 1.18. The second-order valence-corrected chi connectivity index (χ2v) is 7.22. The molecule has 22 heavy (non-hydrogen) atoms. The lowest BCUT2D eigenvalue weighted by Gasteiger charge is -2.37. The van der Waals surface area contributed by atoms with Gasteiger partial charge in [0.05, 0.1) is 6.04 Å². The van der Waals surface area contributed by atoms with Crippen molar-refractivity contribution in [2.45, 2.75) is 31.7 Å². The van der Waals surface area contributed by atoms with Gasteiger partial charge in [-0.1, -0.05) is 59.3 Å². The molecule has 0 fully saturated rings. The van der Waals surface area contributed by atoms with Gasteiger partial charge in [0.2, 0.25) is 0 Å². The Labute approximate surface area is 140 Å². The Morgan fingerprint density at radius 3 is 2.73 bits per heavy atom. The molecule has 0 saturated carbocycles. The average molecular weight is 354 g/mol. The number of halogens is 1. The third-order valence-electron chi connectivity index (χ3n) is 5.06. The number of fused-ring (bicyclic) bond motifs is 3. The first-order valence-corrected chi connectivity index (χ1v) is 8.87. The Hall–Kier alpha value is -1.54. The third kappa shape index (κ3) is 2.30. The highest BCUT2D eigenvalue weighted by Crippen LogP contribution is 2.49. The number of rotatable bonds is 2. The summed E-state index contributed by atoms with van der Waals surface area (Å²) >= 11 is 3.53. The summed E-state index contributed by atoms with van der Waals surface area (Å²) in [6.45, 7) is 2.23. The van der Waals surface area contributed by atoms with Gasteiger partial charge in [-0.3, -0.25) is 0 Å². The molecule has 0 saturated heterocycles. The van der Waals surface area contributed by atoms with Gasteiger partial charge < -0.3 is 5.32 Å². The molecule has 2 aromatic carbocycles. The summed E-state index contributed by atoms with van der Waals surface area (Å²) < 4.78 is 1.14. The molecule has 0 bridgehead atoms. The van der Waals surface area contributed by atoms with Crippen LogP contribution in [0.3, 0.4) is 0 Å². The Morgan fingerprint density at radius 1 is 1.14 bits per heavy atom. The Morgan fingerprint density at radius 2 is 1.95 bits per heavy atom. The van der Waals surface area contributed by atoms with Gasteiger partial charge in [-0.05, 0) is 53.6 Å². The minimum Gasteiger partial charge on any atom is -0.378 e. The van der Waals surface area contributed by atoms with Gasteiger partial charge in [-0.25, -0.2) is 0 Å². The molecule has 1 nitrogen and oxygen atoms in total. The Bertz CT molecular complexity index is 717. The topological polar surface area (TPSA) is 12.0 Å². The summed E-state index contributed by atoms with van der Waals surface area (Å²) in [5, 5.41) is 3.80. The molecule has 1 N–H and O–H groups in total. The van der Waals surface area contributed by atoms with E-state index in [1.807, 2.05) is 0 Å². The summed E-state index contributed by atoms with van der Waals surface area (Å²) in [6.07, 6.45) is 7.03. The molecule has 1 heterocycles. The first-order valence-electron chi connectivity index (χ1n) is 8.07. The van der Waals surface area contributed by atoms with E-state index < -0.39 is 0 Å². The van der Waals surface area contributed by atoms with E-state index in [0.29, 0.717) is 17.9 Å². The number of aryl methyl sites for hydroxylation is 1. The van der Waals surface area contributed by atoms with E-state index in [9.17, 15) is 0 Å². The van der Waals surface area contributed by atoms with Crippen molar-refractivity contribution in [1.82, 2.24) is 0 Å². The smallest absolute Gasteiger partial charge is 0.0553 e. The van der Waals surface area contributed by atoms with Crippen molar-refractivity contribution in [2.75, 3.05) is 5.32 Å². The number of hydrogen-bond acceptors (Lipinski definition) is 1. The molecule has 0 spiro atoms. The van der Waals surface area contributed by atoms with Crippen LogP contribution >= 0.6 is 15.9 Å². The molecule has 0 unspecified atom stereocenters. The molecule has 4 rings (SSSR count). The van der Waals surface area contributed by atoms with Crippen molar-refractivity contribution >= 4 is 21.6 Å². The average Bonchev–Trinajstić information content (AvgIpc) is 3.04. The highest BCUT2D eigenvalue weighted by molar-refractivity contribution is 9.10. The van der Waals surface area contributed by atoms with Crippen LogP contribution in [0, 0.1) is 5.92 Å². The van der Waals surface area contributed by atoms with E-state index in [1.54, 1.807) is 0 Å². The van der Waals surface area contributed by atoms with E-state index >= 15 is 0 Å². The van der Waals surface area contributed by atoms with Crippen molar-refractivity contribution < 1.29 is 0 Å². The van der Waals surface area contributed by atoms with Crippen molar-refractivity contribution in [3.05, 3.63) is 75.8 Å². The summed E-state index contributed by atoms with van der Waals surface area (Å²) in [6, 6.07) is 16.1. The second-order valence-electron chi connectivity index (χ2n) is 6.30. The standard InChI is InChI=1S/C20H20BrN/c1-2-13-6-11-19-18(12-13)16-4-3-5-17(16)20(22-19)14-7-9-15(21)10-8-14/h3-4,6-12,16-17,20,22H,2,5H2,1H3/t16-,17+,20-/m1/s1. The first kappa shape index (κ1) is 14.1. The third-order valence-corrected chi connectivity index (χ3v) is 5.59. The fraction of sp³-hybridized carbons (Fsp3) is 0.300. The lowest BCUT2D eigenvalue weighted by Crippen LogP contribution is -2.29. The molecule has 112 valence electrons. The van der Waals surface area contributed by atoms with Gasteiger partial charge in [0.1, 0.15) is 0 Å². The lowest BCUT2D eigenvalue weighted by atomic mass is 9.76. The van der Waals surface area contributed by atoms with E-state index in [2.05, 4.69) is 82.8 Å². The van der Waals surface area contributed by atoms with Crippen LogP contribution in [0.25, 0.3) is 0 Å². The second kappa shape index (κ2) is 5.58. The largest absolute Gasteiger partial charge is 0.378 e. The molecule has 2 aliphatic rings. The summed E-state index contributed by atoms with van der Waals surface area (Å²) in [4.78, 5) is 0. The zero-order valence-corrected chi connectivity index (χ0v) is 14.3. The maximum Gasteiger partial charge on any atom is 0.0553 e. The summed E-state index contributed by atoms with van der Waals surface area (Å²) in [5.41, 5.74) is 5.60. The molecule has 2 aromatic rings. The minimum absolute atomic E-state index is 0.396. The number of benzene rings is 2. The molecule has 0 radical (unpaired) electrons. The van der Waals surface area contributed by atoms with Crippen LogP contribution in [0.15, 0.2) is 59.1 Å². The molecule has 0 aromatic heterocycles. The lowest BCUT2D eigenvalue weighted by molar-refractivity contribution is 0.425.